The first-order valence-corrected chi connectivity index (χ1v) is 6.52. The maximum absolute atomic E-state index is 11.4. The molecule has 3 heterocycles. The van der Waals surface area contributed by atoms with E-state index in [1.807, 2.05) is 6.07 Å². The summed E-state index contributed by atoms with van der Waals surface area (Å²) in [6.07, 6.45) is 1.62. The first kappa shape index (κ1) is 12.3. The summed E-state index contributed by atoms with van der Waals surface area (Å²) in [6.45, 7) is 4.31. The smallest absolute Gasteiger partial charge is 0.376 e. The highest BCUT2D eigenvalue weighted by Gasteiger charge is 2.39. The fourth-order valence-electron chi connectivity index (χ4n) is 3.13. The number of carbonyl (C=O) groups excluding carboxylic acids is 1. The molecule has 0 bridgehead atoms. The van der Waals surface area contributed by atoms with Gasteiger partial charge in [-0.2, -0.15) is 0 Å². The van der Waals surface area contributed by atoms with E-state index >= 15 is 0 Å². The van der Waals surface area contributed by atoms with Crippen LogP contribution < -0.4 is 4.90 Å². The zero-order valence-corrected chi connectivity index (χ0v) is 11.2. The number of hydrogen-bond acceptors (Lipinski definition) is 6. The van der Waals surface area contributed by atoms with E-state index in [9.17, 15) is 4.79 Å². The Morgan fingerprint density at radius 3 is 2.63 bits per heavy atom. The molecule has 2 unspecified atom stereocenters. The first-order chi connectivity index (χ1) is 9.17. The molecule has 2 atom stereocenters. The Balaban J connectivity index is 1.76. The van der Waals surface area contributed by atoms with Crippen LogP contribution in [0.2, 0.25) is 0 Å². The minimum Gasteiger partial charge on any atom is -0.463 e. The van der Waals surface area contributed by atoms with Crippen LogP contribution in [0.4, 0.5) is 5.82 Å². The predicted octanol–water partition coefficient (Wildman–Crippen LogP) is 0.261. The van der Waals surface area contributed by atoms with Gasteiger partial charge in [-0.1, -0.05) is 0 Å². The standard InChI is InChI=1S/C13H18N4O2/c1-16-5-9-7-17(8-10(9)6-16)11-3-4-14-12(15-11)13(18)19-2/h3-4,9-10H,5-8H2,1-2H3. The Hall–Kier alpha value is -1.69. The average molecular weight is 262 g/mol. The van der Waals surface area contributed by atoms with Crippen molar-refractivity contribution in [1.29, 1.82) is 0 Å². The molecule has 2 aliphatic rings. The van der Waals surface area contributed by atoms with Gasteiger partial charge < -0.3 is 14.5 Å². The maximum atomic E-state index is 11.4. The summed E-state index contributed by atoms with van der Waals surface area (Å²) in [7, 11) is 3.51. The van der Waals surface area contributed by atoms with Crippen molar-refractivity contribution in [3.8, 4) is 0 Å². The van der Waals surface area contributed by atoms with Crippen LogP contribution in [-0.4, -0.2) is 61.2 Å². The molecule has 0 aliphatic carbocycles. The average Bonchev–Trinajstić information content (AvgIpc) is 2.95. The quantitative estimate of drug-likeness (QED) is 0.713. The van der Waals surface area contributed by atoms with E-state index in [1.165, 1.54) is 7.11 Å². The molecule has 2 fully saturated rings. The first-order valence-electron chi connectivity index (χ1n) is 6.52. The van der Waals surface area contributed by atoms with Crippen molar-refractivity contribution in [2.75, 3.05) is 45.2 Å². The fourth-order valence-corrected chi connectivity index (χ4v) is 3.13. The van der Waals surface area contributed by atoms with Gasteiger partial charge in [0.25, 0.3) is 0 Å². The van der Waals surface area contributed by atoms with Gasteiger partial charge in [-0.05, 0) is 24.9 Å². The lowest BCUT2D eigenvalue weighted by Gasteiger charge is -2.20. The highest BCUT2D eigenvalue weighted by Crippen LogP contribution is 2.32. The lowest BCUT2D eigenvalue weighted by atomic mass is 10.0. The van der Waals surface area contributed by atoms with E-state index < -0.39 is 5.97 Å². The van der Waals surface area contributed by atoms with Crippen LogP contribution in [0.15, 0.2) is 12.3 Å². The Morgan fingerprint density at radius 1 is 1.32 bits per heavy atom. The summed E-state index contributed by atoms with van der Waals surface area (Å²) in [4.78, 5) is 24.3. The Kier molecular flexibility index (Phi) is 3.10. The molecule has 6 heteroatoms. The van der Waals surface area contributed by atoms with E-state index in [0.717, 1.165) is 32.0 Å². The third-order valence-electron chi connectivity index (χ3n) is 4.00. The molecule has 0 radical (unpaired) electrons. The number of likely N-dealkylation sites (tertiary alicyclic amines) is 1. The van der Waals surface area contributed by atoms with Crippen LogP contribution >= 0.6 is 0 Å². The molecule has 19 heavy (non-hydrogen) atoms. The largest absolute Gasteiger partial charge is 0.463 e. The zero-order chi connectivity index (χ0) is 13.4. The van der Waals surface area contributed by atoms with Crippen LogP contribution in [0.3, 0.4) is 0 Å². The Morgan fingerprint density at radius 2 is 2.00 bits per heavy atom. The van der Waals surface area contributed by atoms with Crippen molar-refractivity contribution >= 4 is 11.8 Å². The molecule has 1 aromatic rings. The normalized spacial score (nSPS) is 26.5. The maximum Gasteiger partial charge on any atom is 0.376 e. The van der Waals surface area contributed by atoms with Gasteiger partial charge in [0.05, 0.1) is 7.11 Å². The van der Waals surface area contributed by atoms with E-state index in [2.05, 4.69) is 31.6 Å². The zero-order valence-electron chi connectivity index (χ0n) is 11.2. The van der Waals surface area contributed by atoms with E-state index in [0.29, 0.717) is 11.8 Å². The van der Waals surface area contributed by atoms with E-state index in [-0.39, 0.29) is 5.82 Å². The van der Waals surface area contributed by atoms with Crippen LogP contribution in [0.25, 0.3) is 0 Å². The lowest BCUT2D eigenvalue weighted by molar-refractivity contribution is 0.0587. The van der Waals surface area contributed by atoms with Gasteiger partial charge >= 0.3 is 5.97 Å². The van der Waals surface area contributed by atoms with Gasteiger partial charge in [0, 0.05) is 32.4 Å². The van der Waals surface area contributed by atoms with Gasteiger partial charge in [0.1, 0.15) is 5.82 Å². The number of aromatic nitrogens is 2. The molecule has 102 valence electrons. The molecule has 2 aliphatic heterocycles. The van der Waals surface area contributed by atoms with Crippen molar-refractivity contribution in [2.24, 2.45) is 11.8 Å². The van der Waals surface area contributed by atoms with E-state index in [4.69, 9.17) is 0 Å². The lowest BCUT2D eigenvalue weighted by Crippen LogP contribution is -2.27. The van der Waals surface area contributed by atoms with Crippen molar-refractivity contribution < 1.29 is 9.53 Å². The number of ether oxygens (including phenoxy) is 1. The van der Waals surface area contributed by atoms with Crippen molar-refractivity contribution in [3.63, 3.8) is 0 Å². The van der Waals surface area contributed by atoms with Gasteiger partial charge in [-0.25, -0.2) is 14.8 Å². The van der Waals surface area contributed by atoms with Crippen LogP contribution in [0.1, 0.15) is 10.6 Å². The molecule has 0 aromatic carbocycles. The molecular weight excluding hydrogens is 244 g/mol. The number of rotatable bonds is 2. The van der Waals surface area contributed by atoms with Crippen LogP contribution in [0, 0.1) is 11.8 Å². The SMILES string of the molecule is COC(=O)c1nccc(N2CC3CN(C)CC3C2)n1. The number of nitrogens with zero attached hydrogens (tertiary/aromatic N) is 4. The van der Waals surface area contributed by atoms with Gasteiger partial charge in [-0.3, -0.25) is 0 Å². The molecule has 2 saturated heterocycles. The number of fused-ring (bicyclic) bond motifs is 1. The minimum absolute atomic E-state index is 0.133. The summed E-state index contributed by atoms with van der Waals surface area (Å²) in [6, 6.07) is 1.86. The summed E-state index contributed by atoms with van der Waals surface area (Å²) in [5.41, 5.74) is 0. The number of carbonyl (C=O) groups is 1. The number of methoxy groups -OCH3 is 1. The van der Waals surface area contributed by atoms with Crippen molar-refractivity contribution in [1.82, 2.24) is 14.9 Å². The molecule has 0 spiro atoms. The van der Waals surface area contributed by atoms with Gasteiger partial charge in [0.2, 0.25) is 5.82 Å². The molecule has 6 nitrogen and oxygen atoms in total. The van der Waals surface area contributed by atoms with Crippen molar-refractivity contribution in [2.45, 2.75) is 0 Å². The number of esters is 1. The van der Waals surface area contributed by atoms with Crippen LogP contribution in [-0.2, 0) is 4.74 Å². The summed E-state index contributed by atoms with van der Waals surface area (Å²) in [5, 5.41) is 0. The third-order valence-corrected chi connectivity index (χ3v) is 4.00. The fraction of sp³-hybridized carbons (Fsp3) is 0.615. The number of hydrogen-bond donors (Lipinski definition) is 0. The summed E-state index contributed by atoms with van der Waals surface area (Å²) in [5.74, 6) is 1.89. The molecular formula is C13H18N4O2. The van der Waals surface area contributed by atoms with Crippen molar-refractivity contribution in [3.05, 3.63) is 18.1 Å². The predicted molar refractivity (Wildman–Crippen MR) is 70.1 cm³/mol. The third kappa shape index (κ3) is 2.28. The monoisotopic (exact) mass is 262 g/mol. The second-order valence-corrected chi connectivity index (χ2v) is 5.38. The minimum atomic E-state index is -0.485. The second-order valence-electron chi connectivity index (χ2n) is 5.38. The van der Waals surface area contributed by atoms with Gasteiger partial charge in [-0.15, -0.1) is 0 Å². The summed E-state index contributed by atoms with van der Waals surface area (Å²) >= 11 is 0. The second kappa shape index (κ2) is 4.77. The molecule has 0 saturated carbocycles. The Labute approximate surface area is 112 Å². The molecule has 3 rings (SSSR count). The van der Waals surface area contributed by atoms with Crippen LogP contribution in [0.5, 0.6) is 0 Å². The highest BCUT2D eigenvalue weighted by atomic mass is 16.5. The summed E-state index contributed by atoms with van der Waals surface area (Å²) < 4.78 is 4.65. The van der Waals surface area contributed by atoms with E-state index in [1.54, 1.807) is 6.20 Å². The Bertz CT molecular complexity index is 479. The number of anilines is 1. The topological polar surface area (TPSA) is 58.6 Å². The molecule has 0 N–H and O–H groups in total. The molecule has 0 amide bonds. The molecule has 1 aromatic heterocycles. The van der Waals surface area contributed by atoms with Gasteiger partial charge in [0.15, 0.2) is 0 Å². The highest BCUT2D eigenvalue weighted by molar-refractivity contribution is 5.85.